The molecule has 4 rings (SSSR count). The summed E-state index contributed by atoms with van der Waals surface area (Å²) in [5.41, 5.74) is 3.93. The van der Waals surface area contributed by atoms with E-state index in [0.29, 0.717) is 24.3 Å². The van der Waals surface area contributed by atoms with Crippen molar-refractivity contribution >= 4 is 41.3 Å². The summed E-state index contributed by atoms with van der Waals surface area (Å²) in [6.45, 7) is 2.35. The van der Waals surface area contributed by atoms with E-state index in [9.17, 15) is 29.7 Å². The molecule has 0 aliphatic heterocycles. The topological polar surface area (TPSA) is 154 Å². The number of benzene rings is 1. The fraction of sp³-hybridized carbons (Fsp3) is 0.500. The number of carbonyl (C=O) groups is 3. The molecule has 1 aromatic carbocycles. The number of aliphatic hydroxyl groups is 3. The lowest BCUT2D eigenvalue weighted by molar-refractivity contribution is -0.153. The van der Waals surface area contributed by atoms with Crippen LogP contribution in [0.25, 0.3) is 5.76 Å². The van der Waals surface area contributed by atoms with Gasteiger partial charge in [-0.1, -0.05) is 6.92 Å². The number of hydrogen-bond donors (Lipinski definition) is 4. The van der Waals surface area contributed by atoms with Crippen molar-refractivity contribution in [2.75, 3.05) is 39.7 Å². The molecule has 0 saturated heterocycles. The van der Waals surface area contributed by atoms with Crippen LogP contribution in [0.1, 0.15) is 30.9 Å². The lowest BCUT2D eigenvalue weighted by Gasteiger charge is -2.50. The van der Waals surface area contributed by atoms with Crippen molar-refractivity contribution in [3.63, 3.8) is 0 Å². The monoisotopic (exact) mass is 535 g/mol. The second-order valence-electron chi connectivity index (χ2n) is 10.1. The van der Waals surface area contributed by atoms with Gasteiger partial charge in [-0.3, -0.25) is 19.3 Å². The molecule has 1 aromatic rings. The Labute approximate surface area is 221 Å². The summed E-state index contributed by atoms with van der Waals surface area (Å²) >= 11 is 0. The maximum atomic E-state index is 13.9. The molecule has 3 aliphatic carbocycles. The molecule has 4 unspecified atom stereocenters. The van der Waals surface area contributed by atoms with Crippen molar-refractivity contribution in [2.24, 2.45) is 17.6 Å². The SMILES string of the molecule is CCCOc1ccc(N(C)C)c2c1C(O)=C1C(=O)C3(O)C(O)=C(C(N)=O)C(=O)C(N(C)C)C3CC1C2.Cl. The minimum atomic E-state index is -2.59. The molecule has 202 valence electrons. The smallest absolute Gasteiger partial charge is 0.255 e. The van der Waals surface area contributed by atoms with Crippen LogP contribution in [-0.2, 0) is 20.8 Å². The van der Waals surface area contributed by atoms with Crippen molar-refractivity contribution in [1.82, 2.24) is 4.90 Å². The number of hydrogen-bond acceptors (Lipinski definition) is 9. The molecule has 0 bridgehead atoms. The summed E-state index contributed by atoms with van der Waals surface area (Å²) in [6, 6.07) is 2.55. The van der Waals surface area contributed by atoms with Gasteiger partial charge in [-0.25, -0.2) is 0 Å². The third-order valence-corrected chi connectivity index (χ3v) is 7.51. The van der Waals surface area contributed by atoms with E-state index in [1.807, 2.05) is 32.0 Å². The summed E-state index contributed by atoms with van der Waals surface area (Å²) in [5.74, 6) is -5.49. The second-order valence-corrected chi connectivity index (χ2v) is 10.1. The van der Waals surface area contributed by atoms with E-state index in [1.54, 1.807) is 20.2 Å². The van der Waals surface area contributed by atoms with Gasteiger partial charge in [-0.05, 0) is 57.0 Å². The molecule has 4 atom stereocenters. The van der Waals surface area contributed by atoms with Crippen molar-refractivity contribution in [1.29, 1.82) is 0 Å². The first-order valence-electron chi connectivity index (χ1n) is 12.0. The van der Waals surface area contributed by atoms with E-state index < -0.39 is 52.3 Å². The molecule has 1 amide bonds. The van der Waals surface area contributed by atoms with Gasteiger partial charge < -0.3 is 30.7 Å². The van der Waals surface area contributed by atoms with E-state index in [4.69, 9.17) is 10.5 Å². The Morgan fingerprint density at radius 3 is 2.38 bits per heavy atom. The molecule has 0 heterocycles. The normalized spacial score (nSPS) is 26.8. The second kappa shape index (κ2) is 10.00. The number of ether oxygens (including phenoxy) is 1. The average molecular weight is 536 g/mol. The van der Waals surface area contributed by atoms with Gasteiger partial charge >= 0.3 is 0 Å². The number of ketones is 2. The van der Waals surface area contributed by atoms with Gasteiger partial charge in [-0.15, -0.1) is 12.4 Å². The largest absolute Gasteiger partial charge is 0.508 e. The fourth-order valence-corrected chi connectivity index (χ4v) is 5.97. The summed E-state index contributed by atoms with van der Waals surface area (Å²) in [5, 5.41) is 34.1. The van der Waals surface area contributed by atoms with Gasteiger partial charge in [-0.2, -0.15) is 0 Å². The number of fused-ring (bicyclic) bond motifs is 3. The van der Waals surface area contributed by atoms with Crippen LogP contribution in [-0.4, -0.2) is 84.1 Å². The first kappa shape index (κ1) is 28.5. The zero-order valence-electron chi connectivity index (χ0n) is 21.6. The maximum Gasteiger partial charge on any atom is 0.255 e. The van der Waals surface area contributed by atoms with Gasteiger partial charge in [0, 0.05) is 31.3 Å². The maximum absolute atomic E-state index is 13.9. The van der Waals surface area contributed by atoms with Crippen molar-refractivity contribution in [3.05, 3.63) is 40.2 Å². The highest BCUT2D eigenvalue weighted by atomic mass is 35.5. The quantitative estimate of drug-likeness (QED) is 0.397. The molecular weight excluding hydrogens is 502 g/mol. The van der Waals surface area contributed by atoms with Crippen molar-refractivity contribution < 1.29 is 34.4 Å². The van der Waals surface area contributed by atoms with Crippen LogP contribution in [0.4, 0.5) is 5.69 Å². The number of carbonyl (C=O) groups excluding carboxylic acids is 3. The summed E-state index contributed by atoms with van der Waals surface area (Å²) in [6.07, 6.45) is 1.20. The summed E-state index contributed by atoms with van der Waals surface area (Å²) in [4.78, 5) is 42.6. The molecule has 1 saturated carbocycles. The van der Waals surface area contributed by atoms with Crippen LogP contribution >= 0.6 is 12.4 Å². The van der Waals surface area contributed by atoms with E-state index >= 15 is 0 Å². The van der Waals surface area contributed by atoms with Crippen LogP contribution in [0.5, 0.6) is 5.75 Å². The highest BCUT2D eigenvalue weighted by Crippen LogP contribution is 2.53. The minimum absolute atomic E-state index is 0. The molecule has 1 fully saturated rings. The molecule has 0 radical (unpaired) electrons. The third kappa shape index (κ3) is 4.07. The number of primary amides is 1. The standard InChI is InChI=1S/C26H33N3O7.ClH/c1-6-9-36-16-8-7-15(28(2)3)13-10-12-11-14-20(29(4)5)22(31)19(25(27)34)24(33)26(14,35)23(32)17(12)21(30)18(13)16;/h7-8,12,14,20,30,33,35H,6,9-11H2,1-5H3,(H2,27,34);1H. The first-order chi connectivity index (χ1) is 16.9. The lowest BCUT2D eigenvalue weighted by atomic mass is 9.57. The number of Topliss-reactive ketones (excluding diaryl/α,β-unsaturated/α-hetero) is 2. The number of aliphatic hydroxyl groups excluding tert-OH is 2. The number of anilines is 1. The summed E-state index contributed by atoms with van der Waals surface area (Å²) < 4.78 is 5.88. The van der Waals surface area contributed by atoms with Crippen LogP contribution in [0.2, 0.25) is 0 Å². The lowest BCUT2D eigenvalue weighted by Crippen LogP contribution is -2.65. The van der Waals surface area contributed by atoms with Crippen LogP contribution < -0.4 is 15.4 Å². The Balaban J connectivity index is 0.00000380. The van der Waals surface area contributed by atoms with E-state index in [2.05, 4.69) is 0 Å². The molecular formula is C26H34ClN3O7. The van der Waals surface area contributed by atoms with Crippen molar-refractivity contribution in [2.45, 2.75) is 37.8 Å². The molecule has 0 aromatic heterocycles. The molecule has 5 N–H and O–H groups in total. The Morgan fingerprint density at radius 1 is 1.19 bits per heavy atom. The third-order valence-electron chi connectivity index (χ3n) is 7.51. The molecule has 37 heavy (non-hydrogen) atoms. The van der Waals surface area contributed by atoms with E-state index in [0.717, 1.165) is 17.7 Å². The first-order valence-corrected chi connectivity index (χ1v) is 12.0. The van der Waals surface area contributed by atoms with Gasteiger partial charge in [0.1, 0.15) is 22.8 Å². The molecule has 10 nitrogen and oxygen atoms in total. The Bertz CT molecular complexity index is 1220. The fourth-order valence-electron chi connectivity index (χ4n) is 5.97. The van der Waals surface area contributed by atoms with Crippen LogP contribution in [0.15, 0.2) is 29.0 Å². The van der Waals surface area contributed by atoms with Gasteiger partial charge in [0.25, 0.3) is 5.91 Å². The Morgan fingerprint density at radius 2 is 1.84 bits per heavy atom. The van der Waals surface area contributed by atoms with Gasteiger partial charge in [0.2, 0.25) is 5.78 Å². The number of amides is 1. The molecule has 11 heteroatoms. The summed E-state index contributed by atoms with van der Waals surface area (Å²) in [7, 11) is 6.93. The number of rotatable bonds is 6. The number of nitrogens with two attached hydrogens (primary N) is 1. The zero-order chi connectivity index (χ0) is 26.7. The Hall–Kier alpha value is -3.08. The van der Waals surface area contributed by atoms with E-state index in [-0.39, 0.29) is 30.2 Å². The van der Waals surface area contributed by atoms with Crippen molar-refractivity contribution in [3.8, 4) is 5.75 Å². The predicted molar refractivity (Wildman–Crippen MR) is 140 cm³/mol. The van der Waals surface area contributed by atoms with Crippen LogP contribution in [0, 0.1) is 11.8 Å². The van der Waals surface area contributed by atoms with E-state index in [1.165, 1.54) is 4.90 Å². The predicted octanol–water partition coefficient (Wildman–Crippen LogP) is 1.54. The molecule has 3 aliphatic rings. The van der Waals surface area contributed by atoms with Gasteiger partial charge in [0.05, 0.1) is 18.2 Å². The molecule has 0 spiro atoms. The van der Waals surface area contributed by atoms with Crippen LogP contribution in [0.3, 0.4) is 0 Å². The minimum Gasteiger partial charge on any atom is -0.508 e. The zero-order valence-corrected chi connectivity index (χ0v) is 22.4. The number of likely N-dealkylation sites (N-methyl/N-ethyl adjacent to an activating group) is 1. The number of halogens is 1. The highest BCUT2D eigenvalue weighted by Gasteiger charge is 2.64. The number of nitrogens with zero attached hydrogens (tertiary/aromatic N) is 2. The highest BCUT2D eigenvalue weighted by molar-refractivity contribution is 6.24. The average Bonchev–Trinajstić information content (AvgIpc) is 2.79. The Kier molecular flexibility index (Phi) is 7.70. The van der Waals surface area contributed by atoms with Gasteiger partial charge in [0.15, 0.2) is 11.4 Å².